The van der Waals surface area contributed by atoms with Gasteiger partial charge in [0.05, 0.1) is 18.2 Å². The molecule has 0 saturated heterocycles. The van der Waals surface area contributed by atoms with Crippen molar-refractivity contribution < 1.29 is 13.2 Å². The second-order valence-electron chi connectivity index (χ2n) is 5.66. The molecule has 126 valence electrons. The largest absolute Gasteiger partial charge is 0.497 e. The third kappa shape index (κ3) is 3.00. The van der Waals surface area contributed by atoms with Gasteiger partial charge in [-0.15, -0.1) is 0 Å². The lowest BCUT2D eigenvalue weighted by molar-refractivity contribution is 0.415. The fourth-order valence-corrected chi connectivity index (χ4v) is 3.71. The number of nitrogens with zero attached hydrogens (tertiary/aromatic N) is 2. The topological polar surface area (TPSA) is 75.3 Å². The van der Waals surface area contributed by atoms with Crippen molar-refractivity contribution in [3.05, 3.63) is 53.9 Å². The number of H-pyrrole nitrogens is 1. The Bertz CT molecular complexity index is 980. The lowest BCUT2D eigenvalue weighted by Gasteiger charge is -2.17. The van der Waals surface area contributed by atoms with Crippen LogP contribution < -0.4 is 4.74 Å². The average molecular weight is 345 g/mol. The van der Waals surface area contributed by atoms with Gasteiger partial charge in [-0.05, 0) is 42.0 Å². The first-order valence-electron chi connectivity index (χ1n) is 7.45. The highest BCUT2D eigenvalue weighted by atomic mass is 32.2. The van der Waals surface area contributed by atoms with Crippen molar-refractivity contribution >= 4 is 20.8 Å². The van der Waals surface area contributed by atoms with Crippen molar-refractivity contribution in [1.82, 2.24) is 14.5 Å². The smallest absolute Gasteiger partial charge is 0.243 e. The van der Waals surface area contributed by atoms with Crippen LogP contribution in [0, 0.1) is 6.92 Å². The van der Waals surface area contributed by atoms with E-state index in [0.717, 1.165) is 27.8 Å². The van der Waals surface area contributed by atoms with Crippen molar-refractivity contribution in [2.75, 3.05) is 14.2 Å². The van der Waals surface area contributed by atoms with Gasteiger partial charge in [0, 0.05) is 24.8 Å². The number of aryl methyl sites for hydroxylation is 1. The molecule has 2 aromatic carbocycles. The predicted octanol–water partition coefficient (Wildman–Crippen LogP) is 2.70. The van der Waals surface area contributed by atoms with E-state index < -0.39 is 10.0 Å². The summed E-state index contributed by atoms with van der Waals surface area (Å²) in [7, 11) is -0.405. The van der Waals surface area contributed by atoms with Crippen LogP contribution in [0.3, 0.4) is 0 Å². The Morgan fingerprint density at radius 2 is 1.88 bits per heavy atom. The summed E-state index contributed by atoms with van der Waals surface area (Å²) in [5.41, 5.74) is 1.72. The molecule has 0 bridgehead atoms. The Morgan fingerprint density at radius 1 is 1.17 bits per heavy atom. The number of fused-ring (bicyclic) bond motifs is 1. The number of ether oxygens (including phenoxy) is 1. The molecule has 7 heteroatoms. The normalized spacial score (nSPS) is 12.0. The van der Waals surface area contributed by atoms with Crippen LogP contribution in [0.1, 0.15) is 11.3 Å². The number of nitrogens with one attached hydrogen (secondary N) is 1. The number of hydrogen-bond donors (Lipinski definition) is 1. The van der Waals surface area contributed by atoms with Gasteiger partial charge in [0.25, 0.3) is 0 Å². The zero-order valence-electron chi connectivity index (χ0n) is 13.8. The van der Waals surface area contributed by atoms with Crippen LogP contribution in [-0.2, 0) is 16.6 Å². The first-order chi connectivity index (χ1) is 11.4. The molecule has 0 aliphatic heterocycles. The highest BCUT2D eigenvalue weighted by molar-refractivity contribution is 7.89. The van der Waals surface area contributed by atoms with Gasteiger partial charge < -0.3 is 4.74 Å². The molecule has 1 heterocycles. The minimum atomic E-state index is -3.58. The van der Waals surface area contributed by atoms with E-state index in [1.807, 2.05) is 25.1 Å². The van der Waals surface area contributed by atoms with E-state index in [1.165, 1.54) is 4.31 Å². The zero-order chi connectivity index (χ0) is 17.3. The molecule has 0 atom stereocenters. The van der Waals surface area contributed by atoms with Crippen LogP contribution in [0.2, 0.25) is 0 Å². The van der Waals surface area contributed by atoms with Gasteiger partial charge in [0.1, 0.15) is 5.75 Å². The zero-order valence-corrected chi connectivity index (χ0v) is 14.6. The standard InChI is InChI=1S/C17H19N3O3S/c1-12-15(10-18-19-12)11-20(2)24(21,22)17-7-5-13-8-16(23-3)6-4-14(13)9-17/h4-10H,11H2,1-3H3,(H,18,19). The van der Waals surface area contributed by atoms with Crippen molar-refractivity contribution in [2.24, 2.45) is 0 Å². The molecule has 6 nitrogen and oxygen atoms in total. The van der Waals surface area contributed by atoms with E-state index in [4.69, 9.17) is 4.74 Å². The van der Waals surface area contributed by atoms with Gasteiger partial charge in [-0.25, -0.2) is 8.42 Å². The molecule has 24 heavy (non-hydrogen) atoms. The Balaban J connectivity index is 1.94. The lowest BCUT2D eigenvalue weighted by atomic mass is 10.1. The Morgan fingerprint density at radius 3 is 2.54 bits per heavy atom. The number of sulfonamides is 1. The molecule has 0 aliphatic rings. The second-order valence-corrected chi connectivity index (χ2v) is 7.70. The highest BCUT2D eigenvalue weighted by Gasteiger charge is 2.22. The summed E-state index contributed by atoms with van der Waals surface area (Å²) in [5, 5.41) is 8.53. The summed E-state index contributed by atoms with van der Waals surface area (Å²) >= 11 is 0. The third-order valence-electron chi connectivity index (χ3n) is 4.05. The maximum Gasteiger partial charge on any atom is 0.243 e. The first kappa shape index (κ1) is 16.5. The molecule has 1 aromatic heterocycles. The lowest BCUT2D eigenvalue weighted by Crippen LogP contribution is -2.26. The Hall–Kier alpha value is -2.38. The van der Waals surface area contributed by atoms with Crippen LogP contribution in [0.4, 0.5) is 0 Å². The second kappa shape index (κ2) is 6.26. The van der Waals surface area contributed by atoms with Gasteiger partial charge in [-0.3, -0.25) is 5.10 Å². The molecule has 0 amide bonds. The van der Waals surface area contributed by atoms with Gasteiger partial charge in [0.2, 0.25) is 10.0 Å². The van der Waals surface area contributed by atoms with E-state index in [2.05, 4.69) is 10.2 Å². The predicted molar refractivity (Wildman–Crippen MR) is 92.5 cm³/mol. The van der Waals surface area contributed by atoms with Crippen molar-refractivity contribution in [3.8, 4) is 5.75 Å². The summed E-state index contributed by atoms with van der Waals surface area (Å²) in [6, 6.07) is 10.6. The van der Waals surface area contributed by atoms with E-state index >= 15 is 0 Å². The molecule has 0 aliphatic carbocycles. The molecule has 3 rings (SSSR count). The molecule has 3 aromatic rings. The fourth-order valence-electron chi connectivity index (χ4n) is 2.53. The molecular weight excluding hydrogens is 326 g/mol. The number of hydrogen-bond acceptors (Lipinski definition) is 4. The van der Waals surface area contributed by atoms with E-state index in [9.17, 15) is 8.42 Å². The van der Waals surface area contributed by atoms with Gasteiger partial charge in [0.15, 0.2) is 0 Å². The Kier molecular flexibility index (Phi) is 4.29. The minimum Gasteiger partial charge on any atom is -0.497 e. The fraction of sp³-hybridized carbons (Fsp3) is 0.235. The summed E-state index contributed by atoms with van der Waals surface area (Å²) in [5.74, 6) is 0.741. The highest BCUT2D eigenvalue weighted by Crippen LogP contribution is 2.25. The van der Waals surface area contributed by atoms with Crippen LogP contribution in [-0.4, -0.2) is 37.1 Å². The molecule has 0 saturated carbocycles. The quantitative estimate of drug-likeness (QED) is 0.771. The van der Waals surface area contributed by atoms with Gasteiger partial charge in [-0.1, -0.05) is 12.1 Å². The molecule has 0 unspecified atom stereocenters. The summed E-state index contributed by atoms with van der Waals surface area (Å²) in [6.45, 7) is 2.14. The average Bonchev–Trinajstić information content (AvgIpc) is 2.98. The van der Waals surface area contributed by atoms with Gasteiger partial charge in [-0.2, -0.15) is 9.40 Å². The van der Waals surface area contributed by atoms with E-state index in [-0.39, 0.29) is 11.4 Å². The van der Waals surface area contributed by atoms with Crippen LogP contribution in [0.15, 0.2) is 47.5 Å². The number of benzene rings is 2. The summed E-state index contributed by atoms with van der Waals surface area (Å²) in [4.78, 5) is 0.267. The minimum absolute atomic E-state index is 0.267. The molecule has 1 N–H and O–H groups in total. The number of aromatic nitrogens is 2. The number of methoxy groups -OCH3 is 1. The first-order valence-corrected chi connectivity index (χ1v) is 8.89. The maximum atomic E-state index is 12.8. The van der Waals surface area contributed by atoms with Crippen molar-refractivity contribution in [2.45, 2.75) is 18.4 Å². The van der Waals surface area contributed by atoms with Crippen LogP contribution >= 0.6 is 0 Å². The molecule has 0 fully saturated rings. The molecule has 0 spiro atoms. The monoisotopic (exact) mass is 345 g/mol. The molecular formula is C17H19N3O3S. The summed E-state index contributed by atoms with van der Waals surface area (Å²) in [6.07, 6.45) is 1.65. The van der Waals surface area contributed by atoms with Gasteiger partial charge >= 0.3 is 0 Å². The van der Waals surface area contributed by atoms with Crippen molar-refractivity contribution in [1.29, 1.82) is 0 Å². The van der Waals surface area contributed by atoms with Crippen LogP contribution in [0.25, 0.3) is 10.8 Å². The van der Waals surface area contributed by atoms with E-state index in [0.29, 0.717) is 0 Å². The number of aromatic amines is 1. The van der Waals surface area contributed by atoms with E-state index in [1.54, 1.807) is 38.6 Å². The maximum absolute atomic E-state index is 12.8. The molecule has 0 radical (unpaired) electrons. The SMILES string of the molecule is COc1ccc2cc(S(=O)(=O)N(C)Cc3cn[nH]c3C)ccc2c1. The number of rotatable bonds is 5. The summed E-state index contributed by atoms with van der Waals surface area (Å²) < 4.78 is 32.1. The van der Waals surface area contributed by atoms with Crippen LogP contribution in [0.5, 0.6) is 5.75 Å². The Labute approximate surface area is 141 Å². The third-order valence-corrected chi connectivity index (χ3v) is 5.85. The van der Waals surface area contributed by atoms with Crippen molar-refractivity contribution in [3.63, 3.8) is 0 Å².